The van der Waals surface area contributed by atoms with E-state index in [0.717, 1.165) is 27.3 Å². The fourth-order valence-corrected chi connectivity index (χ4v) is 3.91. The molecule has 1 unspecified atom stereocenters. The van der Waals surface area contributed by atoms with Gasteiger partial charge >= 0.3 is 0 Å². The number of anilines is 1. The number of pyridine rings is 1. The van der Waals surface area contributed by atoms with E-state index in [2.05, 4.69) is 16.4 Å². The van der Waals surface area contributed by atoms with Crippen LogP contribution in [0.5, 0.6) is 11.5 Å². The average Bonchev–Trinajstić information content (AvgIpc) is 3.23. The lowest BCUT2D eigenvalue weighted by atomic mass is 10.0. The maximum Gasteiger partial charge on any atom is 0.147 e. The third-order valence-electron chi connectivity index (χ3n) is 4.39. The minimum atomic E-state index is -0.172. The summed E-state index contributed by atoms with van der Waals surface area (Å²) in [5.41, 5.74) is 2.37. The minimum Gasteiger partial charge on any atom is -0.505 e. The number of hydrogen-bond donors (Lipinski definition) is 2. The standard InChI is InChI=1S/C22H20N2O2S/c1-2-26-17-10-8-16(9-11-17)24-21(19-6-4-14-27-19)18-12-7-15-5-3-13-23-20(15)22(18)25/h3-14,21,24-25H,2H2,1H3. The highest BCUT2D eigenvalue weighted by Gasteiger charge is 2.20. The zero-order valence-electron chi connectivity index (χ0n) is 14.9. The average molecular weight is 376 g/mol. The Morgan fingerprint density at radius 2 is 1.93 bits per heavy atom. The van der Waals surface area contributed by atoms with Crippen LogP contribution in [0, 0.1) is 0 Å². The van der Waals surface area contributed by atoms with Gasteiger partial charge in [0.2, 0.25) is 0 Å². The summed E-state index contributed by atoms with van der Waals surface area (Å²) in [6.07, 6.45) is 1.70. The van der Waals surface area contributed by atoms with E-state index >= 15 is 0 Å². The molecule has 27 heavy (non-hydrogen) atoms. The molecular weight excluding hydrogens is 356 g/mol. The number of thiophene rings is 1. The zero-order chi connectivity index (χ0) is 18.6. The first kappa shape index (κ1) is 17.4. The molecule has 2 N–H and O–H groups in total. The van der Waals surface area contributed by atoms with Crippen molar-refractivity contribution in [3.05, 3.63) is 82.7 Å². The first-order valence-electron chi connectivity index (χ1n) is 8.85. The van der Waals surface area contributed by atoms with E-state index in [-0.39, 0.29) is 11.8 Å². The van der Waals surface area contributed by atoms with Gasteiger partial charge < -0.3 is 15.2 Å². The summed E-state index contributed by atoms with van der Waals surface area (Å²) < 4.78 is 5.52. The van der Waals surface area contributed by atoms with Crippen LogP contribution in [0.25, 0.3) is 10.9 Å². The Hall–Kier alpha value is -3.05. The van der Waals surface area contributed by atoms with Crippen LogP contribution in [0.3, 0.4) is 0 Å². The van der Waals surface area contributed by atoms with E-state index < -0.39 is 0 Å². The largest absolute Gasteiger partial charge is 0.505 e. The summed E-state index contributed by atoms with van der Waals surface area (Å²) >= 11 is 1.65. The molecule has 136 valence electrons. The Balaban J connectivity index is 1.73. The first-order chi connectivity index (χ1) is 13.3. The van der Waals surface area contributed by atoms with Gasteiger partial charge in [0.05, 0.1) is 12.6 Å². The van der Waals surface area contributed by atoms with Crippen molar-refractivity contribution in [1.82, 2.24) is 4.98 Å². The van der Waals surface area contributed by atoms with Gasteiger partial charge in [0.1, 0.15) is 17.0 Å². The number of rotatable bonds is 6. The smallest absolute Gasteiger partial charge is 0.147 e. The van der Waals surface area contributed by atoms with Crippen LogP contribution in [-0.4, -0.2) is 16.7 Å². The van der Waals surface area contributed by atoms with Gasteiger partial charge in [0, 0.05) is 27.7 Å². The summed E-state index contributed by atoms with van der Waals surface area (Å²) in [6, 6.07) is 19.6. The maximum absolute atomic E-state index is 10.9. The van der Waals surface area contributed by atoms with E-state index in [9.17, 15) is 5.11 Å². The van der Waals surface area contributed by atoms with Gasteiger partial charge in [-0.3, -0.25) is 4.98 Å². The third-order valence-corrected chi connectivity index (χ3v) is 5.33. The molecule has 0 fully saturated rings. The molecule has 1 atom stereocenters. The number of fused-ring (bicyclic) bond motifs is 1. The highest BCUT2D eigenvalue weighted by molar-refractivity contribution is 7.10. The Labute approximate surface area is 162 Å². The monoisotopic (exact) mass is 376 g/mol. The lowest BCUT2D eigenvalue weighted by Gasteiger charge is -2.21. The fourth-order valence-electron chi connectivity index (χ4n) is 3.12. The molecule has 0 spiro atoms. The molecule has 5 heteroatoms. The Morgan fingerprint density at radius 3 is 2.67 bits per heavy atom. The predicted octanol–water partition coefficient (Wildman–Crippen LogP) is 5.60. The molecule has 0 bridgehead atoms. The van der Waals surface area contributed by atoms with Gasteiger partial charge in [0.25, 0.3) is 0 Å². The van der Waals surface area contributed by atoms with Crippen molar-refractivity contribution in [2.45, 2.75) is 13.0 Å². The molecule has 2 heterocycles. The van der Waals surface area contributed by atoms with E-state index in [1.54, 1.807) is 17.5 Å². The topological polar surface area (TPSA) is 54.4 Å². The number of nitrogens with zero attached hydrogens (tertiary/aromatic N) is 1. The Kier molecular flexibility index (Phi) is 4.94. The molecule has 0 aliphatic heterocycles. The van der Waals surface area contributed by atoms with Crippen LogP contribution in [0.4, 0.5) is 5.69 Å². The van der Waals surface area contributed by atoms with Crippen LogP contribution in [0.1, 0.15) is 23.4 Å². The van der Waals surface area contributed by atoms with Crippen molar-refractivity contribution < 1.29 is 9.84 Å². The van der Waals surface area contributed by atoms with Gasteiger partial charge in [0.15, 0.2) is 0 Å². The lowest BCUT2D eigenvalue weighted by Crippen LogP contribution is -2.11. The van der Waals surface area contributed by atoms with Crippen LogP contribution in [0.2, 0.25) is 0 Å². The number of aromatic nitrogens is 1. The van der Waals surface area contributed by atoms with Crippen molar-refractivity contribution >= 4 is 27.9 Å². The lowest BCUT2D eigenvalue weighted by molar-refractivity contribution is 0.340. The van der Waals surface area contributed by atoms with E-state index in [0.29, 0.717) is 12.1 Å². The summed E-state index contributed by atoms with van der Waals surface area (Å²) in [4.78, 5) is 5.47. The Bertz CT molecular complexity index is 1030. The van der Waals surface area contributed by atoms with Crippen LogP contribution < -0.4 is 10.1 Å². The normalized spacial score (nSPS) is 12.0. The van der Waals surface area contributed by atoms with E-state index in [4.69, 9.17) is 4.74 Å². The molecule has 2 aromatic carbocycles. The van der Waals surface area contributed by atoms with Crippen LogP contribution in [0.15, 0.2) is 72.2 Å². The van der Waals surface area contributed by atoms with Crippen molar-refractivity contribution in [2.75, 3.05) is 11.9 Å². The number of phenolic OH excluding ortho intramolecular Hbond substituents is 1. The van der Waals surface area contributed by atoms with Crippen LogP contribution >= 0.6 is 11.3 Å². The number of nitrogens with one attached hydrogen (secondary N) is 1. The molecule has 0 aliphatic carbocycles. The van der Waals surface area contributed by atoms with Crippen molar-refractivity contribution in [2.24, 2.45) is 0 Å². The molecule has 0 radical (unpaired) electrons. The van der Waals surface area contributed by atoms with E-state index in [1.807, 2.05) is 66.9 Å². The number of hydrogen-bond acceptors (Lipinski definition) is 5. The molecule has 0 aliphatic rings. The molecule has 0 saturated carbocycles. The molecule has 4 aromatic rings. The minimum absolute atomic E-state index is 0.172. The molecule has 4 rings (SSSR count). The molecule has 4 nitrogen and oxygen atoms in total. The number of aromatic hydroxyl groups is 1. The summed E-state index contributed by atoms with van der Waals surface area (Å²) in [5, 5.41) is 17.4. The highest BCUT2D eigenvalue weighted by Crippen LogP contribution is 2.38. The van der Waals surface area contributed by atoms with Crippen molar-refractivity contribution in [3.8, 4) is 11.5 Å². The maximum atomic E-state index is 10.9. The number of ether oxygens (including phenoxy) is 1. The fraction of sp³-hybridized carbons (Fsp3) is 0.136. The van der Waals surface area contributed by atoms with Gasteiger partial charge in [-0.2, -0.15) is 0 Å². The van der Waals surface area contributed by atoms with Gasteiger partial charge in [-0.1, -0.05) is 24.3 Å². The van der Waals surface area contributed by atoms with Crippen molar-refractivity contribution in [3.63, 3.8) is 0 Å². The summed E-state index contributed by atoms with van der Waals surface area (Å²) in [7, 11) is 0. The molecule has 0 amide bonds. The number of benzene rings is 2. The predicted molar refractivity (Wildman–Crippen MR) is 111 cm³/mol. The second-order valence-electron chi connectivity index (χ2n) is 6.13. The Morgan fingerprint density at radius 1 is 1.07 bits per heavy atom. The molecular formula is C22H20N2O2S. The second-order valence-corrected chi connectivity index (χ2v) is 7.11. The summed E-state index contributed by atoms with van der Waals surface area (Å²) in [6.45, 7) is 2.61. The van der Waals surface area contributed by atoms with Crippen LogP contribution in [-0.2, 0) is 0 Å². The van der Waals surface area contributed by atoms with Crippen molar-refractivity contribution in [1.29, 1.82) is 0 Å². The van der Waals surface area contributed by atoms with E-state index in [1.165, 1.54) is 0 Å². The van der Waals surface area contributed by atoms with Gasteiger partial charge in [-0.05, 0) is 48.7 Å². The quantitative estimate of drug-likeness (QED) is 0.460. The van der Waals surface area contributed by atoms with Gasteiger partial charge in [-0.15, -0.1) is 11.3 Å². The first-order valence-corrected chi connectivity index (χ1v) is 9.73. The third kappa shape index (κ3) is 3.59. The van der Waals surface area contributed by atoms with Gasteiger partial charge in [-0.25, -0.2) is 0 Å². The summed E-state index contributed by atoms with van der Waals surface area (Å²) in [5.74, 6) is 1.05. The second kappa shape index (κ2) is 7.68. The SMILES string of the molecule is CCOc1ccc(NC(c2cccs2)c2ccc3cccnc3c2O)cc1. The molecule has 0 saturated heterocycles. The highest BCUT2D eigenvalue weighted by atomic mass is 32.1. The zero-order valence-corrected chi connectivity index (χ0v) is 15.7. The molecule has 2 aromatic heterocycles. The number of phenols is 1.